The number of anilines is 1. The summed E-state index contributed by atoms with van der Waals surface area (Å²) in [6.45, 7) is 4.36. The van der Waals surface area contributed by atoms with Gasteiger partial charge in [-0.1, -0.05) is 6.07 Å². The Hall–Kier alpha value is -2.48. The lowest BCUT2D eigenvalue weighted by atomic mass is 10.2. The first kappa shape index (κ1) is 12.0. The highest BCUT2D eigenvalue weighted by Gasteiger charge is 2.01. The van der Waals surface area contributed by atoms with Crippen molar-refractivity contribution < 1.29 is 0 Å². The van der Waals surface area contributed by atoms with Crippen molar-refractivity contribution in [2.75, 3.05) is 5.32 Å². The normalized spacial score (nSPS) is 9.83. The number of aromatic nitrogens is 3. The van der Waals surface area contributed by atoms with Crippen LogP contribution in [-0.2, 0) is 6.54 Å². The van der Waals surface area contributed by atoms with Gasteiger partial charge >= 0.3 is 0 Å². The van der Waals surface area contributed by atoms with Gasteiger partial charge in [0.05, 0.1) is 0 Å². The lowest BCUT2D eigenvalue weighted by Gasteiger charge is -2.05. The topological polar surface area (TPSA) is 74.5 Å². The fourth-order valence-electron chi connectivity index (χ4n) is 1.49. The minimum absolute atomic E-state index is 0.368. The zero-order chi connectivity index (χ0) is 13.0. The molecule has 0 aliphatic carbocycles. The number of hydrogen-bond acceptors (Lipinski definition) is 5. The molecule has 1 N–H and O–H groups in total. The van der Waals surface area contributed by atoms with Gasteiger partial charge in [0.15, 0.2) is 0 Å². The van der Waals surface area contributed by atoms with Gasteiger partial charge in [-0.2, -0.15) is 5.26 Å². The first-order chi connectivity index (χ1) is 8.67. The van der Waals surface area contributed by atoms with E-state index < -0.39 is 0 Å². The number of rotatable bonds is 3. The van der Waals surface area contributed by atoms with Crippen LogP contribution in [-0.4, -0.2) is 15.0 Å². The van der Waals surface area contributed by atoms with E-state index in [4.69, 9.17) is 5.26 Å². The second-order valence-electron chi connectivity index (χ2n) is 3.99. The second-order valence-corrected chi connectivity index (χ2v) is 3.99. The zero-order valence-electron chi connectivity index (χ0n) is 10.3. The number of aryl methyl sites for hydroxylation is 2. The molecule has 0 atom stereocenters. The molecule has 18 heavy (non-hydrogen) atoms. The molecule has 5 heteroatoms. The zero-order valence-corrected chi connectivity index (χ0v) is 10.3. The summed E-state index contributed by atoms with van der Waals surface area (Å²) in [5.74, 6) is 0.465. The van der Waals surface area contributed by atoms with Crippen molar-refractivity contribution in [3.8, 4) is 6.07 Å². The molecule has 0 aliphatic rings. The van der Waals surface area contributed by atoms with E-state index in [0.717, 1.165) is 17.0 Å². The maximum absolute atomic E-state index is 8.82. The Kier molecular flexibility index (Phi) is 3.49. The molecule has 90 valence electrons. The van der Waals surface area contributed by atoms with Crippen molar-refractivity contribution in [1.29, 1.82) is 5.26 Å². The average molecular weight is 239 g/mol. The van der Waals surface area contributed by atoms with Crippen molar-refractivity contribution in [3.63, 3.8) is 0 Å². The van der Waals surface area contributed by atoms with Crippen LogP contribution >= 0.6 is 0 Å². The van der Waals surface area contributed by atoms with E-state index in [0.29, 0.717) is 18.2 Å². The Bertz CT molecular complexity index is 583. The van der Waals surface area contributed by atoms with Gasteiger partial charge in [-0.25, -0.2) is 9.97 Å². The molecular weight excluding hydrogens is 226 g/mol. The van der Waals surface area contributed by atoms with Crippen molar-refractivity contribution in [3.05, 3.63) is 47.0 Å². The minimum atomic E-state index is 0.368. The fraction of sp³-hybridized carbons (Fsp3) is 0.231. The maximum Gasteiger partial charge on any atom is 0.224 e. The summed E-state index contributed by atoms with van der Waals surface area (Å²) in [6.07, 6.45) is 1.81. The molecule has 2 heterocycles. The summed E-state index contributed by atoms with van der Waals surface area (Å²) in [5, 5.41) is 11.9. The number of hydrogen-bond donors (Lipinski definition) is 1. The first-order valence-corrected chi connectivity index (χ1v) is 5.58. The quantitative estimate of drug-likeness (QED) is 0.886. The van der Waals surface area contributed by atoms with E-state index in [1.54, 1.807) is 6.07 Å². The van der Waals surface area contributed by atoms with Crippen LogP contribution in [0.3, 0.4) is 0 Å². The molecule has 0 spiro atoms. The van der Waals surface area contributed by atoms with Crippen LogP contribution in [0.1, 0.15) is 22.6 Å². The minimum Gasteiger partial charge on any atom is -0.350 e. The summed E-state index contributed by atoms with van der Waals surface area (Å²) in [6, 6.07) is 7.61. The number of nitrogens with zero attached hydrogens (tertiary/aromatic N) is 4. The molecule has 0 fully saturated rings. The third kappa shape index (κ3) is 3.01. The summed E-state index contributed by atoms with van der Waals surface area (Å²) in [4.78, 5) is 12.5. The molecule has 2 aromatic heterocycles. The molecule has 2 aromatic rings. The molecule has 2 rings (SSSR count). The average Bonchev–Trinajstić information content (AvgIpc) is 2.37. The number of nitrogens with one attached hydrogen (secondary N) is 1. The molecule has 0 saturated carbocycles. The van der Waals surface area contributed by atoms with E-state index in [1.165, 1.54) is 0 Å². The molecule has 0 bridgehead atoms. The molecule has 0 unspecified atom stereocenters. The Balaban J connectivity index is 2.08. The Morgan fingerprint density at radius 2 is 2.06 bits per heavy atom. The predicted molar refractivity (Wildman–Crippen MR) is 67.8 cm³/mol. The summed E-state index contributed by atoms with van der Waals surface area (Å²) >= 11 is 0. The molecular formula is C13H13N5. The molecule has 0 aliphatic heterocycles. The maximum atomic E-state index is 8.82. The first-order valence-electron chi connectivity index (χ1n) is 5.58. The van der Waals surface area contributed by atoms with Crippen molar-refractivity contribution in [2.24, 2.45) is 0 Å². The van der Waals surface area contributed by atoms with Crippen LogP contribution in [0.4, 0.5) is 5.95 Å². The van der Waals surface area contributed by atoms with Gasteiger partial charge in [-0.15, -0.1) is 0 Å². The highest BCUT2D eigenvalue weighted by Crippen LogP contribution is 2.06. The van der Waals surface area contributed by atoms with E-state index >= 15 is 0 Å². The highest BCUT2D eigenvalue weighted by molar-refractivity contribution is 5.33. The van der Waals surface area contributed by atoms with Crippen LogP contribution in [0.5, 0.6) is 0 Å². The van der Waals surface area contributed by atoms with E-state index in [1.807, 2.05) is 38.2 Å². The molecule has 0 radical (unpaired) electrons. The standard InChI is InChI=1S/C13H13N5/c1-9-3-4-11(7-15-9)8-16-13-17-10(2)5-12(6-14)18-13/h3-5,7H,8H2,1-2H3,(H,16,17,18). The van der Waals surface area contributed by atoms with Gasteiger partial charge in [0.1, 0.15) is 11.8 Å². The van der Waals surface area contributed by atoms with Gasteiger partial charge in [0.25, 0.3) is 0 Å². The van der Waals surface area contributed by atoms with Crippen LogP contribution in [0.15, 0.2) is 24.4 Å². The lowest BCUT2D eigenvalue weighted by molar-refractivity contribution is 1.01. The largest absolute Gasteiger partial charge is 0.350 e. The van der Waals surface area contributed by atoms with Crippen molar-refractivity contribution in [1.82, 2.24) is 15.0 Å². The third-order valence-electron chi connectivity index (χ3n) is 2.39. The lowest BCUT2D eigenvalue weighted by Crippen LogP contribution is -2.05. The SMILES string of the molecule is Cc1ccc(CNc2nc(C)cc(C#N)n2)cn1. The van der Waals surface area contributed by atoms with Gasteiger partial charge in [0.2, 0.25) is 5.95 Å². The number of pyridine rings is 1. The van der Waals surface area contributed by atoms with Crippen LogP contribution in [0.2, 0.25) is 0 Å². The fourth-order valence-corrected chi connectivity index (χ4v) is 1.49. The van der Waals surface area contributed by atoms with E-state index in [2.05, 4.69) is 20.3 Å². The van der Waals surface area contributed by atoms with Crippen LogP contribution in [0.25, 0.3) is 0 Å². The highest BCUT2D eigenvalue weighted by atomic mass is 15.1. The third-order valence-corrected chi connectivity index (χ3v) is 2.39. The van der Waals surface area contributed by atoms with E-state index in [-0.39, 0.29) is 0 Å². The molecule has 0 saturated heterocycles. The predicted octanol–water partition coefficient (Wildman–Crippen LogP) is 1.97. The van der Waals surface area contributed by atoms with Gasteiger partial charge < -0.3 is 5.32 Å². The molecule has 5 nitrogen and oxygen atoms in total. The molecule has 0 aromatic carbocycles. The summed E-state index contributed by atoms with van der Waals surface area (Å²) in [7, 11) is 0. The smallest absolute Gasteiger partial charge is 0.224 e. The van der Waals surface area contributed by atoms with Crippen LogP contribution in [0, 0.1) is 25.2 Å². The van der Waals surface area contributed by atoms with Crippen molar-refractivity contribution >= 4 is 5.95 Å². The second kappa shape index (κ2) is 5.23. The number of nitriles is 1. The van der Waals surface area contributed by atoms with E-state index in [9.17, 15) is 0 Å². The summed E-state index contributed by atoms with van der Waals surface area (Å²) < 4.78 is 0. The Morgan fingerprint density at radius 3 is 2.72 bits per heavy atom. The van der Waals surface area contributed by atoms with Gasteiger partial charge in [-0.3, -0.25) is 4.98 Å². The molecule has 0 amide bonds. The van der Waals surface area contributed by atoms with Gasteiger partial charge in [0, 0.05) is 24.1 Å². The van der Waals surface area contributed by atoms with Crippen LogP contribution < -0.4 is 5.32 Å². The Morgan fingerprint density at radius 1 is 1.22 bits per heavy atom. The summed E-state index contributed by atoms with van der Waals surface area (Å²) in [5.41, 5.74) is 3.17. The van der Waals surface area contributed by atoms with Gasteiger partial charge in [-0.05, 0) is 31.5 Å². The monoisotopic (exact) mass is 239 g/mol. The van der Waals surface area contributed by atoms with Crippen molar-refractivity contribution in [2.45, 2.75) is 20.4 Å². The Labute approximate surface area is 106 Å².